The van der Waals surface area contributed by atoms with Crippen molar-refractivity contribution in [3.63, 3.8) is 0 Å². The molecule has 3 aromatic rings. The highest BCUT2D eigenvalue weighted by atomic mass is 16.5. The molecule has 0 bridgehead atoms. The Kier molecular flexibility index (Phi) is 3.68. The van der Waals surface area contributed by atoms with E-state index in [-0.39, 0.29) is 5.91 Å². The third kappa shape index (κ3) is 2.55. The van der Waals surface area contributed by atoms with Crippen LogP contribution in [0, 0.1) is 13.8 Å². The number of aromatic amines is 1. The van der Waals surface area contributed by atoms with E-state index in [4.69, 9.17) is 4.74 Å². The minimum absolute atomic E-state index is 0.105. The van der Waals surface area contributed by atoms with Crippen LogP contribution in [0.5, 0.6) is 5.88 Å². The highest BCUT2D eigenvalue weighted by molar-refractivity contribution is 6.35. The average Bonchev–Trinajstić information content (AvgIpc) is 3.32. The fourth-order valence-corrected chi connectivity index (χ4v) is 3.79. The number of carbonyl (C=O) groups excluding carboxylic acids is 1. The van der Waals surface area contributed by atoms with E-state index in [0.29, 0.717) is 18.1 Å². The van der Waals surface area contributed by atoms with Crippen LogP contribution in [0.1, 0.15) is 22.3 Å². The predicted octanol–water partition coefficient (Wildman–Crippen LogP) is 3.39. The van der Waals surface area contributed by atoms with Gasteiger partial charge in [0.2, 0.25) is 5.88 Å². The molecule has 5 rings (SSSR count). The van der Waals surface area contributed by atoms with Crippen molar-refractivity contribution in [1.29, 1.82) is 0 Å². The number of anilines is 2. The first kappa shape index (κ1) is 16.6. The summed E-state index contributed by atoms with van der Waals surface area (Å²) in [5, 5.41) is 13.1. The van der Waals surface area contributed by atoms with Crippen molar-refractivity contribution in [2.24, 2.45) is 0 Å². The standard InChI is InChI=1S/C21H19N5O2/c1-11-5-14(17-10-23-21-19(12(17)2)22-3-4-28-21)7-15-16(20(27)26-18(11)15)6-13-8-24-25-9-13/h5-10,22H,3-4H2,1-2H3,(H,24,25)(H,26,27)/b16-6-. The fourth-order valence-electron chi connectivity index (χ4n) is 3.79. The van der Waals surface area contributed by atoms with Crippen molar-refractivity contribution in [3.05, 3.63) is 53.0 Å². The summed E-state index contributed by atoms with van der Waals surface area (Å²) in [7, 11) is 0. The molecule has 4 heterocycles. The first-order chi connectivity index (χ1) is 13.6. The Hall–Kier alpha value is -3.61. The van der Waals surface area contributed by atoms with Gasteiger partial charge in [-0.3, -0.25) is 9.89 Å². The van der Waals surface area contributed by atoms with Gasteiger partial charge in [-0.2, -0.15) is 5.10 Å². The van der Waals surface area contributed by atoms with Gasteiger partial charge in [-0.1, -0.05) is 0 Å². The molecular weight excluding hydrogens is 354 g/mol. The van der Waals surface area contributed by atoms with E-state index < -0.39 is 0 Å². The van der Waals surface area contributed by atoms with E-state index in [1.54, 1.807) is 12.4 Å². The lowest BCUT2D eigenvalue weighted by Gasteiger charge is -2.21. The number of H-pyrrole nitrogens is 1. The highest BCUT2D eigenvalue weighted by Gasteiger charge is 2.27. The van der Waals surface area contributed by atoms with Crippen LogP contribution < -0.4 is 15.4 Å². The summed E-state index contributed by atoms with van der Waals surface area (Å²) < 4.78 is 5.64. The quantitative estimate of drug-likeness (QED) is 0.599. The Morgan fingerprint density at radius 1 is 1.14 bits per heavy atom. The number of aryl methyl sites for hydroxylation is 1. The monoisotopic (exact) mass is 373 g/mol. The smallest absolute Gasteiger partial charge is 0.256 e. The van der Waals surface area contributed by atoms with Crippen molar-refractivity contribution in [2.45, 2.75) is 13.8 Å². The number of carbonyl (C=O) groups is 1. The minimum atomic E-state index is -0.105. The maximum atomic E-state index is 12.6. The molecule has 0 radical (unpaired) electrons. The number of hydrogen-bond acceptors (Lipinski definition) is 5. The van der Waals surface area contributed by atoms with Crippen LogP contribution >= 0.6 is 0 Å². The number of benzene rings is 1. The van der Waals surface area contributed by atoms with Crippen LogP contribution in [0.4, 0.5) is 11.4 Å². The molecule has 0 saturated carbocycles. The van der Waals surface area contributed by atoms with Gasteiger partial charge >= 0.3 is 0 Å². The van der Waals surface area contributed by atoms with Crippen molar-refractivity contribution in [3.8, 4) is 17.0 Å². The maximum absolute atomic E-state index is 12.6. The molecule has 140 valence electrons. The van der Waals surface area contributed by atoms with E-state index >= 15 is 0 Å². The third-order valence-corrected chi connectivity index (χ3v) is 5.20. The number of aromatic nitrogens is 3. The van der Waals surface area contributed by atoms with Crippen LogP contribution in [0.15, 0.2) is 30.7 Å². The Balaban J connectivity index is 1.66. The molecule has 28 heavy (non-hydrogen) atoms. The lowest BCUT2D eigenvalue weighted by Crippen LogP contribution is -2.20. The van der Waals surface area contributed by atoms with Crippen LogP contribution in [-0.2, 0) is 4.79 Å². The normalized spacial score (nSPS) is 16.2. The van der Waals surface area contributed by atoms with Gasteiger partial charge in [0.15, 0.2) is 0 Å². The van der Waals surface area contributed by atoms with Gasteiger partial charge in [0.05, 0.1) is 11.9 Å². The molecule has 2 aliphatic rings. The summed E-state index contributed by atoms with van der Waals surface area (Å²) in [5.74, 6) is 0.537. The van der Waals surface area contributed by atoms with Gasteiger partial charge in [-0.05, 0) is 48.7 Å². The van der Waals surface area contributed by atoms with Crippen molar-refractivity contribution in [2.75, 3.05) is 23.8 Å². The lowest BCUT2D eigenvalue weighted by molar-refractivity contribution is -0.110. The molecule has 3 N–H and O–H groups in total. The van der Waals surface area contributed by atoms with Crippen molar-refractivity contribution >= 4 is 28.9 Å². The SMILES string of the molecule is Cc1cc(-c2cnc3c(c2C)NCCO3)cc2c1NC(=O)/C2=C\c1cn[nH]c1. The number of rotatable bonds is 2. The number of fused-ring (bicyclic) bond motifs is 2. The maximum Gasteiger partial charge on any atom is 0.256 e. The van der Waals surface area contributed by atoms with E-state index in [9.17, 15) is 4.79 Å². The molecule has 1 amide bonds. The third-order valence-electron chi connectivity index (χ3n) is 5.20. The molecule has 0 unspecified atom stereocenters. The van der Waals surface area contributed by atoms with E-state index in [2.05, 4.69) is 38.8 Å². The molecule has 0 saturated heterocycles. The van der Waals surface area contributed by atoms with Gasteiger partial charge in [-0.15, -0.1) is 0 Å². The largest absolute Gasteiger partial charge is 0.474 e. The topological polar surface area (TPSA) is 91.9 Å². The van der Waals surface area contributed by atoms with Crippen LogP contribution in [0.2, 0.25) is 0 Å². The predicted molar refractivity (Wildman–Crippen MR) is 108 cm³/mol. The summed E-state index contributed by atoms with van der Waals surface area (Å²) in [6, 6.07) is 4.13. The number of amides is 1. The Bertz CT molecular complexity index is 1130. The molecule has 0 atom stereocenters. The lowest BCUT2D eigenvalue weighted by atomic mass is 9.94. The molecule has 2 aromatic heterocycles. The van der Waals surface area contributed by atoms with Gasteiger partial charge in [0.25, 0.3) is 5.91 Å². The molecule has 0 aliphatic carbocycles. The van der Waals surface area contributed by atoms with E-state index in [1.165, 1.54) is 0 Å². The average molecular weight is 373 g/mol. The minimum Gasteiger partial charge on any atom is -0.474 e. The molecular formula is C21H19N5O2. The Morgan fingerprint density at radius 2 is 2.04 bits per heavy atom. The van der Waals surface area contributed by atoms with Crippen LogP contribution in [0.25, 0.3) is 22.8 Å². The zero-order chi connectivity index (χ0) is 19.3. The van der Waals surface area contributed by atoms with E-state index in [0.717, 1.165) is 51.3 Å². The second kappa shape index (κ2) is 6.23. The summed E-state index contributed by atoms with van der Waals surface area (Å²) in [4.78, 5) is 17.0. The second-order valence-corrected chi connectivity index (χ2v) is 7.01. The molecule has 7 heteroatoms. The molecule has 2 aliphatic heterocycles. The van der Waals surface area contributed by atoms with Gasteiger partial charge in [-0.25, -0.2) is 4.98 Å². The first-order valence-electron chi connectivity index (χ1n) is 9.15. The molecule has 0 spiro atoms. The van der Waals surface area contributed by atoms with Crippen LogP contribution in [-0.4, -0.2) is 34.2 Å². The molecule has 0 fully saturated rings. The summed E-state index contributed by atoms with van der Waals surface area (Å²) >= 11 is 0. The fraction of sp³-hybridized carbons (Fsp3) is 0.190. The number of nitrogens with zero attached hydrogens (tertiary/aromatic N) is 2. The Labute approximate surface area is 161 Å². The number of pyridine rings is 1. The summed E-state index contributed by atoms with van der Waals surface area (Å²) in [6.45, 7) is 5.45. The summed E-state index contributed by atoms with van der Waals surface area (Å²) in [6.07, 6.45) is 7.14. The van der Waals surface area contributed by atoms with Gasteiger partial charge in [0.1, 0.15) is 12.3 Å². The molecule has 7 nitrogen and oxygen atoms in total. The van der Waals surface area contributed by atoms with Gasteiger partial charge in [0, 0.05) is 41.2 Å². The Morgan fingerprint density at radius 3 is 2.86 bits per heavy atom. The van der Waals surface area contributed by atoms with Crippen molar-refractivity contribution < 1.29 is 9.53 Å². The van der Waals surface area contributed by atoms with Gasteiger partial charge < -0.3 is 15.4 Å². The zero-order valence-electron chi connectivity index (χ0n) is 15.6. The number of nitrogens with one attached hydrogen (secondary N) is 3. The summed E-state index contributed by atoms with van der Waals surface area (Å²) in [5.41, 5.74) is 8.30. The zero-order valence-corrected chi connectivity index (χ0v) is 15.6. The first-order valence-corrected chi connectivity index (χ1v) is 9.15. The second-order valence-electron chi connectivity index (χ2n) is 7.01. The number of ether oxygens (including phenoxy) is 1. The number of hydrogen-bond donors (Lipinski definition) is 3. The molecule has 1 aromatic carbocycles. The van der Waals surface area contributed by atoms with Crippen LogP contribution in [0.3, 0.4) is 0 Å². The van der Waals surface area contributed by atoms with Crippen molar-refractivity contribution in [1.82, 2.24) is 15.2 Å². The highest BCUT2D eigenvalue weighted by Crippen LogP contribution is 2.41. The van der Waals surface area contributed by atoms with E-state index in [1.807, 2.05) is 25.3 Å².